The Morgan fingerprint density at radius 1 is 1.35 bits per heavy atom. The molecule has 0 aliphatic carbocycles. The number of fused-ring (bicyclic) bond motifs is 1. The maximum Gasteiger partial charge on any atom is 0.471 e. The number of anilines is 2. The lowest BCUT2D eigenvalue weighted by Gasteiger charge is -2.27. The first-order chi connectivity index (χ1) is 7.89. The van der Waals surface area contributed by atoms with Crippen LogP contribution in [-0.4, -0.2) is 18.6 Å². The number of alkyl halides is 3. The van der Waals surface area contributed by atoms with Crippen LogP contribution in [0.25, 0.3) is 6.08 Å². The van der Waals surface area contributed by atoms with Gasteiger partial charge < -0.3 is 10.6 Å². The molecule has 1 heterocycles. The van der Waals surface area contributed by atoms with Crippen LogP contribution < -0.4 is 10.6 Å². The monoisotopic (exact) mass is 242 g/mol. The summed E-state index contributed by atoms with van der Waals surface area (Å²) < 4.78 is 37.1. The molecular weight excluding hydrogens is 233 g/mol. The third-order valence-electron chi connectivity index (χ3n) is 2.42. The van der Waals surface area contributed by atoms with Gasteiger partial charge in [-0.15, -0.1) is 0 Å². The van der Waals surface area contributed by atoms with Crippen molar-refractivity contribution in [3.05, 3.63) is 29.8 Å². The zero-order chi connectivity index (χ0) is 12.6. The van der Waals surface area contributed by atoms with Crippen LogP contribution in [0.15, 0.2) is 24.3 Å². The summed E-state index contributed by atoms with van der Waals surface area (Å²) in [4.78, 5) is 11.9. The zero-order valence-corrected chi connectivity index (χ0v) is 8.66. The van der Waals surface area contributed by atoms with Crippen molar-refractivity contribution in [3.63, 3.8) is 0 Å². The molecule has 0 bridgehead atoms. The summed E-state index contributed by atoms with van der Waals surface area (Å²) in [7, 11) is 0. The van der Waals surface area contributed by atoms with Crippen LogP contribution in [0, 0.1) is 0 Å². The van der Waals surface area contributed by atoms with Crippen LogP contribution in [0.5, 0.6) is 0 Å². The van der Waals surface area contributed by atoms with Gasteiger partial charge in [0.25, 0.3) is 0 Å². The second-order valence-electron chi connectivity index (χ2n) is 3.63. The van der Waals surface area contributed by atoms with E-state index in [1.165, 1.54) is 24.3 Å². The molecule has 90 valence electrons. The standard InChI is InChI=1S/C11H9F3N2O/c12-11(13,14)10(17)16-5-1-2-7-6-8(15)3-4-9(7)16/h1-4,6H,5,15H2. The van der Waals surface area contributed by atoms with Gasteiger partial charge in [-0.2, -0.15) is 13.2 Å². The maximum absolute atomic E-state index is 12.4. The fraction of sp³-hybridized carbons (Fsp3) is 0.182. The molecule has 0 radical (unpaired) electrons. The van der Waals surface area contributed by atoms with Gasteiger partial charge in [0.2, 0.25) is 0 Å². The van der Waals surface area contributed by atoms with Gasteiger partial charge in [-0.3, -0.25) is 4.79 Å². The third kappa shape index (κ3) is 2.11. The Morgan fingerprint density at radius 2 is 2.06 bits per heavy atom. The van der Waals surface area contributed by atoms with Crippen molar-refractivity contribution in [2.24, 2.45) is 0 Å². The fourth-order valence-electron chi connectivity index (χ4n) is 1.68. The summed E-state index contributed by atoms with van der Waals surface area (Å²) in [6.45, 7) is -0.0880. The highest BCUT2D eigenvalue weighted by atomic mass is 19.4. The molecule has 1 aliphatic heterocycles. The summed E-state index contributed by atoms with van der Waals surface area (Å²) in [5.41, 5.74) is 6.70. The first-order valence-electron chi connectivity index (χ1n) is 4.84. The van der Waals surface area contributed by atoms with Crippen LogP contribution in [-0.2, 0) is 4.79 Å². The van der Waals surface area contributed by atoms with E-state index in [2.05, 4.69) is 0 Å². The minimum absolute atomic E-state index is 0.0880. The Kier molecular flexibility index (Phi) is 2.57. The fourth-order valence-corrected chi connectivity index (χ4v) is 1.68. The van der Waals surface area contributed by atoms with Crippen LogP contribution >= 0.6 is 0 Å². The number of hydrogen-bond acceptors (Lipinski definition) is 2. The second kappa shape index (κ2) is 3.80. The van der Waals surface area contributed by atoms with Gasteiger partial charge in [-0.25, -0.2) is 0 Å². The molecule has 0 spiro atoms. The quantitative estimate of drug-likeness (QED) is 0.709. The summed E-state index contributed by atoms with van der Waals surface area (Å²) in [5, 5.41) is 0. The number of halogens is 3. The predicted octanol–water partition coefficient (Wildman–Crippen LogP) is 2.19. The van der Waals surface area contributed by atoms with E-state index in [1.54, 1.807) is 6.08 Å². The van der Waals surface area contributed by atoms with Crippen LogP contribution in [0.2, 0.25) is 0 Å². The molecule has 1 aromatic carbocycles. The summed E-state index contributed by atoms with van der Waals surface area (Å²) >= 11 is 0. The summed E-state index contributed by atoms with van der Waals surface area (Å²) in [5.74, 6) is -1.87. The highest BCUT2D eigenvalue weighted by molar-refractivity contribution is 6.00. The topological polar surface area (TPSA) is 46.3 Å². The molecular formula is C11H9F3N2O. The number of nitrogens with two attached hydrogens (primary N) is 1. The Bertz CT molecular complexity index is 494. The van der Waals surface area contributed by atoms with Crippen molar-refractivity contribution in [1.29, 1.82) is 0 Å². The molecule has 1 aliphatic rings. The van der Waals surface area contributed by atoms with E-state index in [9.17, 15) is 18.0 Å². The highest BCUT2D eigenvalue weighted by Crippen LogP contribution is 2.31. The number of hydrogen-bond donors (Lipinski definition) is 1. The van der Waals surface area contributed by atoms with Crippen molar-refractivity contribution in [2.75, 3.05) is 17.2 Å². The smallest absolute Gasteiger partial charge is 0.399 e. The number of benzene rings is 1. The molecule has 0 saturated carbocycles. The van der Waals surface area contributed by atoms with Gasteiger partial charge in [-0.1, -0.05) is 12.2 Å². The van der Waals surface area contributed by atoms with E-state index in [4.69, 9.17) is 5.73 Å². The molecule has 0 saturated heterocycles. The number of nitrogen functional groups attached to an aromatic ring is 1. The molecule has 2 N–H and O–H groups in total. The minimum atomic E-state index is -4.87. The molecule has 0 unspecified atom stereocenters. The maximum atomic E-state index is 12.4. The van der Waals surface area contributed by atoms with Gasteiger partial charge in [0, 0.05) is 17.8 Å². The van der Waals surface area contributed by atoms with E-state index >= 15 is 0 Å². The van der Waals surface area contributed by atoms with Gasteiger partial charge in [0.15, 0.2) is 0 Å². The number of nitrogens with zero attached hydrogens (tertiary/aromatic N) is 1. The van der Waals surface area contributed by atoms with E-state index in [0.29, 0.717) is 16.2 Å². The summed E-state index contributed by atoms with van der Waals surface area (Å²) in [6.07, 6.45) is -1.74. The Morgan fingerprint density at radius 3 is 2.71 bits per heavy atom. The number of rotatable bonds is 0. The highest BCUT2D eigenvalue weighted by Gasteiger charge is 2.43. The number of carbonyl (C=O) groups excluding carboxylic acids is 1. The number of amides is 1. The van der Waals surface area contributed by atoms with Crippen LogP contribution in [0.1, 0.15) is 5.56 Å². The molecule has 0 aromatic heterocycles. The van der Waals surface area contributed by atoms with Crippen molar-refractivity contribution < 1.29 is 18.0 Å². The SMILES string of the molecule is Nc1ccc2c(c1)C=CCN2C(=O)C(F)(F)F. The second-order valence-corrected chi connectivity index (χ2v) is 3.63. The van der Waals surface area contributed by atoms with Crippen molar-refractivity contribution in [1.82, 2.24) is 0 Å². The van der Waals surface area contributed by atoms with Gasteiger partial charge in [0.05, 0.1) is 5.69 Å². The van der Waals surface area contributed by atoms with Crippen molar-refractivity contribution in [2.45, 2.75) is 6.18 Å². The number of carbonyl (C=O) groups is 1. The lowest BCUT2D eigenvalue weighted by Crippen LogP contribution is -2.42. The molecule has 3 nitrogen and oxygen atoms in total. The molecule has 1 amide bonds. The molecule has 0 atom stereocenters. The van der Waals surface area contributed by atoms with E-state index in [-0.39, 0.29) is 12.2 Å². The van der Waals surface area contributed by atoms with Crippen molar-refractivity contribution in [3.8, 4) is 0 Å². The van der Waals surface area contributed by atoms with E-state index < -0.39 is 12.1 Å². The lowest BCUT2D eigenvalue weighted by atomic mass is 10.1. The van der Waals surface area contributed by atoms with Crippen molar-refractivity contribution >= 4 is 23.4 Å². The average Bonchev–Trinajstić information content (AvgIpc) is 2.25. The lowest BCUT2D eigenvalue weighted by molar-refractivity contribution is -0.170. The van der Waals surface area contributed by atoms with E-state index in [1.807, 2.05) is 0 Å². The largest absolute Gasteiger partial charge is 0.471 e. The van der Waals surface area contributed by atoms with Gasteiger partial charge in [0.1, 0.15) is 0 Å². The molecule has 0 fully saturated rings. The molecule has 17 heavy (non-hydrogen) atoms. The minimum Gasteiger partial charge on any atom is -0.399 e. The Labute approximate surface area is 95.3 Å². The molecule has 2 rings (SSSR count). The van der Waals surface area contributed by atoms with E-state index in [0.717, 1.165) is 0 Å². The average molecular weight is 242 g/mol. The molecule has 1 aromatic rings. The zero-order valence-electron chi connectivity index (χ0n) is 8.66. The van der Waals surface area contributed by atoms with Crippen LogP contribution in [0.4, 0.5) is 24.5 Å². The van der Waals surface area contributed by atoms with Crippen LogP contribution in [0.3, 0.4) is 0 Å². The summed E-state index contributed by atoms with van der Waals surface area (Å²) in [6, 6.07) is 4.41. The van der Waals surface area contributed by atoms with Gasteiger partial charge in [-0.05, 0) is 18.2 Å². The molecule has 6 heteroatoms. The Balaban J connectivity index is 2.42. The first-order valence-corrected chi connectivity index (χ1v) is 4.84. The first kappa shape index (κ1) is 11.5. The van der Waals surface area contributed by atoms with Gasteiger partial charge >= 0.3 is 12.1 Å². The normalized spacial score (nSPS) is 14.6. The Hall–Kier alpha value is -1.98. The third-order valence-corrected chi connectivity index (χ3v) is 2.42. The predicted molar refractivity (Wildman–Crippen MR) is 58.3 cm³/mol.